The number of para-hydroxylation sites is 1. The Bertz CT molecular complexity index is 400. The van der Waals surface area contributed by atoms with E-state index in [2.05, 4.69) is 5.32 Å². The number of aldehydes is 1. The van der Waals surface area contributed by atoms with E-state index >= 15 is 0 Å². The molecule has 0 radical (unpaired) electrons. The largest absolute Gasteiger partial charge is 0.495 e. The normalized spacial score (nSPS) is 18.6. The molecule has 0 saturated heterocycles. The number of anilines is 1. The van der Waals surface area contributed by atoms with Gasteiger partial charge in [-0.05, 0) is 11.6 Å². The third-order valence-electron chi connectivity index (χ3n) is 2.28. The average Bonchev–Trinajstić information content (AvgIpc) is 2.52. The highest BCUT2D eigenvalue weighted by atomic mass is 16.5. The minimum atomic E-state index is -0.694. The highest BCUT2D eigenvalue weighted by Crippen LogP contribution is 2.37. The predicted molar refractivity (Wildman–Crippen MR) is 50.4 cm³/mol. The van der Waals surface area contributed by atoms with Gasteiger partial charge in [0.25, 0.3) is 0 Å². The fourth-order valence-corrected chi connectivity index (χ4v) is 1.59. The average molecular weight is 191 g/mol. The van der Waals surface area contributed by atoms with E-state index in [1.807, 2.05) is 0 Å². The summed E-state index contributed by atoms with van der Waals surface area (Å²) in [5.41, 5.74) is 1.29. The van der Waals surface area contributed by atoms with Gasteiger partial charge in [-0.25, -0.2) is 0 Å². The topological polar surface area (TPSA) is 55.4 Å². The van der Waals surface area contributed by atoms with Crippen LogP contribution in [0.25, 0.3) is 0 Å². The quantitative estimate of drug-likeness (QED) is 0.558. The molecule has 1 atom stereocenters. The molecule has 72 valence electrons. The molecular formula is C10H9NO3. The smallest absolute Gasteiger partial charge is 0.239 e. The van der Waals surface area contributed by atoms with E-state index in [9.17, 15) is 9.59 Å². The van der Waals surface area contributed by atoms with Crippen LogP contribution in [0, 0.1) is 0 Å². The van der Waals surface area contributed by atoms with Gasteiger partial charge in [-0.15, -0.1) is 0 Å². The van der Waals surface area contributed by atoms with Crippen molar-refractivity contribution in [2.75, 3.05) is 12.4 Å². The monoisotopic (exact) mass is 191 g/mol. The van der Waals surface area contributed by atoms with Crippen LogP contribution in [0.15, 0.2) is 18.2 Å². The molecule has 0 fully saturated rings. The molecule has 4 heteroatoms. The molecule has 1 aliphatic heterocycles. The van der Waals surface area contributed by atoms with Crippen molar-refractivity contribution in [3.63, 3.8) is 0 Å². The lowest BCUT2D eigenvalue weighted by Crippen LogP contribution is -2.12. The van der Waals surface area contributed by atoms with Crippen molar-refractivity contribution in [1.29, 1.82) is 0 Å². The van der Waals surface area contributed by atoms with Crippen molar-refractivity contribution in [1.82, 2.24) is 0 Å². The molecule has 0 aromatic heterocycles. The Labute approximate surface area is 80.9 Å². The lowest BCUT2D eigenvalue weighted by atomic mass is 10.0. The molecule has 14 heavy (non-hydrogen) atoms. The van der Waals surface area contributed by atoms with Crippen molar-refractivity contribution in [2.24, 2.45) is 0 Å². The molecule has 0 spiro atoms. The third-order valence-corrected chi connectivity index (χ3v) is 2.28. The van der Waals surface area contributed by atoms with Gasteiger partial charge in [-0.3, -0.25) is 4.79 Å². The molecule has 1 aliphatic rings. The molecular weight excluding hydrogens is 182 g/mol. The van der Waals surface area contributed by atoms with E-state index in [-0.39, 0.29) is 5.91 Å². The molecule has 1 aromatic rings. The van der Waals surface area contributed by atoms with Crippen LogP contribution in [-0.2, 0) is 9.59 Å². The Morgan fingerprint density at radius 3 is 2.93 bits per heavy atom. The van der Waals surface area contributed by atoms with Crippen LogP contribution in [0.3, 0.4) is 0 Å². The van der Waals surface area contributed by atoms with Gasteiger partial charge in [-0.1, -0.05) is 12.1 Å². The van der Waals surface area contributed by atoms with Crippen molar-refractivity contribution >= 4 is 17.9 Å². The second-order valence-corrected chi connectivity index (χ2v) is 3.03. The zero-order valence-electron chi connectivity index (χ0n) is 7.61. The van der Waals surface area contributed by atoms with Gasteiger partial charge >= 0.3 is 0 Å². The Morgan fingerprint density at radius 2 is 2.29 bits per heavy atom. The van der Waals surface area contributed by atoms with E-state index < -0.39 is 5.92 Å². The Hall–Kier alpha value is -1.84. The van der Waals surface area contributed by atoms with Gasteiger partial charge in [0.15, 0.2) is 0 Å². The first-order valence-corrected chi connectivity index (χ1v) is 4.21. The van der Waals surface area contributed by atoms with Crippen LogP contribution < -0.4 is 10.1 Å². The van der Waals surface area contributed by atoms with Gasteiger partial charge in [0.2, 0.25) is 5.91 Å². The summed E-state index contributed by atoms with van der Waals surface area (Å²) in [6, 6.07) is 5.25. The van der Waals surface area contributed by atoms with E-state index in [0.717, 1.165) is 0 Å². The maximum absolute atomic E-state index is 11.3. The summed E-state index contributed by atoms with van der Waals surface area (Å²) in [5, 5.41) is 2.62. The molecule has 4 nitrogen and oxygen atoms in total. The van der Waals surface area contributed by atoms with Crippen molar-refractivity contribution in [3.8, 4) is 5.75 Å². The Balaban J connectivity index is 2.56. The first-order chi connectivity index (χ1) is 6.77. The van der Waals surface area contributed by atoms with E-state index in [1.165, 1.54) is 7.11 Å². The summed E-state index contributed by atoms with van der Waals surface area (Å²) in [7, 11) is 1.52. The summed E-state index contributed by atoms with van der Waals surface area (Å²) in [5.74, 6) is -0.403. The zero-order chi connectivity index (χ0) is 10.1. The summed E-state index contributed by atoms with van der Waals surface area (Å²) >= 11 is 0. The molecule has 0 aliphatic carbocycles. The van der Waals surface area contributed by atoms with E-state index in [0.29, 0.717) is 23.3 Å². The van der Waals surface area contributed by atoms with Gasteiger partial charge in [0.05, 0.1) is 12.8 Å². The fourth-order valence-electron chi connectivity index (χ4n) is 1.59. The van der Waals surface area contributed by atoms with E-state index in [1.54, 1.807) is 18.2 Å². The summed E-state index contributed by atoms with van der Waals surface area (Å²) in [4.78, 5) is 22.0. The second-order valence-electron chi connectivity index (χ2n) is 3.03. The summed E-state index contributed by atoms with van der Waals surface area (Å²) in [6.45, 7) is 0. The number of fused-ring (bicyclic) bond motifs is 1. The predicted octanol–water partition coefficient (Wildman–Crippen LogP) is 0.930. The number of methoxy groups -OCH3 is 1. The number of ether oxygens (including phenoxy) is 1. The Kier molecular flexibility index (Phi) is 1.96. The van der Waals surface area contributed by atoms with E-state index in [4.69, 9.17) is 4.74 Å². The lowest BCUT2D eigenvalue weighted by Gasteiger charge is -2.05. The number of rotatable bonds is 2. The van der Waals surface area contributed by atoms with Crippen molar-refractivity contribution in [3.05, 3.63) is 23.8 Å². The van der Waals surface area contributed by atoms with Crippen LogP contribution in [0.5, 0.6) is 5.75 Å². The summed E-state index contributed by atoms with van der Waals surface area (Å²) < 4.78 is 5.07. The van der Waals surface area contributed by atoms with Gasteiger partial charge < -0.3 is 14.8 Å². The molecule has 1 N–H and O–H groups in total. The number of carbonyl (C=O) groups is 2. The molecule has 2 rings (SSSR count). The fraction of sp³-hybridized carbons (Fsp3) is 0.200. The molecule has 1 heterocycles. The molecule has 1 amide bonds. The maximum atomic E-state index is 11.3. The highest BCUT2D eigenvalue weighted by Gasteiger charge is 2.31. The van der Waals surface area contributed by atoms with Crippen LogP contribution in [-0.4, -0.2) is 19.3 Å². The highest BCUT2D eigenvalue weighted by molar-refractivity contribution is 6.12. The number of hydrogen-bond acceptors (Lipinski definition) is 3. The summed E-state index contributed by atoms with van der Waals surface area (Å²) in [6.07, 6.45) is 0.639. The Morgan fingerprint density at radius 1 is 1.50 bits per heavy atom. The number of carbonyl (C=O) groups excluding carboxylic acids is 2. The zero-order valence-corrected chi connectivity index (χ0v) is 7.61. The van der Waals surface area contributed by atoms with Gasteiger partial charge in [0.1, 0.15) is 18.0 Å². The first-order valence-electron chi connectivity index (χ1n) is 4.21. The van der Waals surface area contributed by atoms with Gasteiger partial charge in [0, 0.05) is 0 Å². The number of benzene rings is 1. The molecule has 0 saturated carbocycles. The minimum Gasteiger partial charge on any atom is -0.495 e. The lowest BCUT2D eigenvalue weighted by molar-refractivity contribution is -0.121. The van der Waals surface area contributed by atoms with Crippen LogP contribution in [0.1, 0.15) is 11.5 Å². The standard InChI is InChI=1S/C10H9NO3/c1-14-8-4-2-3-6-7(5-12)10(13)11-9(6)8/h2-5,7H,1H3,(H,11,13). The van der Waals surface area contributed by atoms with Gasteiger partial charge in [-0.2, -0.15) is 0 Å². The number of amides is 1. The third kappa shape index (κ3) is 1.08. The SMILES string of the molecule is COc1cccc2c1NC(=O)C2C=O. The first kappa shape index (κ1) is 8.74. The number of hydrogen-bond donors (Lipinski definition) is 1. The maximum Gasteiger partial charge on any atom is 0.239 e. The minimum absolute atomic E-state index is 0.292. The molecule has 1 aromatic carbocycles. The molecule has 1 unspecified atom stereocenters. The van der Waals surface area contributed by atoms with Crippen molar-refractivity contribution < 1.29 is 14.3 Å². The van der Waals surface area contributed by atoms with Crippen LogP contribution in [0.4, 0.5) is 5.69 Å². The van der Waals surface area contributed by atoms with Crippen molar-refractivity contribution in [2.45, 2.75) is 5.92 Å². The second kappa shape index (κ2) is 3.14. The molecule has 0 bridgehead atoms. The number of nitrogens with one attached hydrogen (secondary N) is 1. The van der Waals surface area contributed by atoms with Crippen LogP contribution >= 0.6 is 0 Å². The van der Waals surface area contributed by atoms with Crippen LogP contribution in [0.2, 0.25) is 0 Å².